The molecule has 0 saturated carbocycles. The van der Waals surface area contributed by atoms with Crippen molar-refractivity contribution in [3.05, 3.63) is 67.7 Å². The van der Waals surface area contributed by atoms with Crippen LogP contribution in [0.15, 0.2) is 56.0 Å². The molecule has 27 heavy (non-hydrogen) atoms. The van der Waals surface area contributed by atoms with Crippen molar-refractivity contribution in [1.29, 1.82) is 0 Å². The van der Waals surface area contributed by atoms with E-state index in [-0.39, 0.29) is 24.0 Å². The molecule has 0 N–H and O–H groups in total. The van der Waals surface area contributed by atoms with Crippen LogP contribution in [0.4, 0.5) is 0 Å². The Bertz CT molecular complexity index is 995. The highest BCUT2D eigenvalue weighted by molar-refractivity contribution is 9.11. The number of nitrogens with zero attached hydrogens (tertiary/aromatic N) is 1. The summed E-state index contributed by atoms with van der Waals surface area (Å²) in [4.78, 5) is 28.3. The Labute approximate surface area is 173 Å². The molecule has 0 aromatic heterocycles. The SMILES string of the molecule is CCC(=O)Oc1c(Br)cc(Br)cc1/C=C1\N=C(c2cccc(C)c2)OC1=O. The second kappa shape index (κ2) is 8.19. The van der Waals surface area contributed by atoms with Crippen LogP contribution in [0.5, 0.6) is 5.75 Å². The van der Waals surface area contributed by atoms with Gasteiger partial charge in [0.2, 0.25) is 5.90 Å². The van der Waals surface area contributed by atoms with Crippen LogP contribution < -0.4 is 4.74 Å². The Hall–Kier alpha value is -2.25. The second-order valence-electron chi connectivity index (χ2n) is 5.84. The minimum absolute atomic E-state index is 0.130. The summed E-state index contributed by atoms with van der Waals surface area (Å²) in [6, 6.07) is 11.0. The van der Waals surface area contributed by atoms with Gasteiger partial charge in [-0.1, -0.05) is 40.5 Å². The standard InChI is InChI=1S/C20H15Br2NO4/c1-3-17(24)26-18-13(8-14(21)10-15(18)22)9-16-20(25)27-19(23-16)12-6-4-5-11(2)7-12/h4-10H,3H2,1-2H3/b16-9-. The van der Waals surface area contributed by atoms with Gasteiger partial charge in [-0.15, -0.1) is 0 Å². The lowest BCUT2D eigenvalue weighted by Gasteiger charge is -2.10. The summed E-state index contributed by atoms with van der Waals surface area (Å²) in [7, 11) is 0. The molecule has 5 nitrogen and oxygen atoms in total. The fraction of sp³-hybridized carbons (Fsp3) is 0.150. The zero-order chi connectivity index (χ0) is 19.6. The zero-order valence-corrected chi connectivity index (χ0v) is 17.8. The molecule has 1 heterocycles. The lowest BCUT2D eigenvalue weighted by Crippen LogP contribution is -2.07. The van der Waals surface area contributed by atoms with Crippen LogP contribution in [0.25, 0.3) is 6.08 Å². The quantitative estimate of drug-likeness (QED) is 0.335. The molecular weight excluding hydrogens is 478 g/mol. The Morgan fingerprint density at radius 3 is 2.74 bits per heavy atom. The molecule has 0 amide bonds. The number of halogens is 2. The van der Waals surface area contributed by atoms with E-state index < -0.39 is 5.97 Å². The largest absolute Gasteiger partial charge is 0.425 e. The van der Waals surface area contributed by atoms with E-state index in [0.29, 0.717) is 15.8 Å². The first-order chi connectivity index (χ1) is 12.9. The lowest BCUT2D eigenvalue weighted by atomic mass is 10.1. The minimum Gasteiger partial charge on any atom is -0.425 e. The van der Waals surface area contributed by atoms with Crippen molar-refractivity contribution in [3.63, 3.8) is 0 Å². The molecule has 7 heteroatoms. The third-order valence-electron chi connectivity index (χ3n) is 3.72. The summed E-state index contributed by atoms with van der Waals surface area (Å²) < 4.78 is 12.0. The number of hydrogen-bond donors (Lipinski definition) is 0. The summed E-state index contributed by atoms with van der Waals surface area (Å²) in [5.41, 5.74) is 2.41. The molecule has 0 fully saturated rings. The Balaban J connectivity index is 2.03. The fourth-order valence-corrected chi connectivity index (χ4v) is 3.78. The predicted octanol–water partition coefficient (Wildman–Crippen LogP) is 5.18. The summed E-state index contributed by atoms with van der Waals surface area (Å²) in [6.45, 7) is 3.66. The number of benzene rings is 2. The number of carbonyl (C=O) groups excluding carboxylic acids is 2. The van der Waals surface area contributed by atoms with Crippen molar-refractivity contribution in [3.8, 4) is 5.75 Å². The van der Waals surface area contributed by atoms with Gasteiger partial charge in [0.15, 0.2) is 11.4 Å². The minimum atomic E-state index is -0.560. The van der Waals surface area contributed by atoms with Crippen molar-refractivity contribution in [2.75, 3.05) is 0 Å². The number of ether oxygens (including phenoxy) is 2. The van der Waals surface area contributed by atoms with E-state index in [9.17, 15) is 9.59 Å². The molecule has 0 aliphatic carbocycles. The van der Waals surface area contributed by atoms with Crippen LogP contribution in [0.1, 0.15) is 30.0 Å². The molecule has 1 aliphatic rings. The average molecular weight is 493 g/mol. The number of rotatable bonds is 4. The van der Waals surface area contributed by atoms with Crippen molar-refractivity contribution in [1.82, 2.24) is 0 Å². The van der Waals surface area contributed by atoms with Gasteiger partial charge < -0.3 is 9.47 Å². The Kier molecular flexibility index (Phi) is 5.92. The van der Waals surface area contributed by atoms with Gasteiger partial charge in [0, 0.05) is 22.0 Å². The van der Waals surface area contributed by atoms with Crippen LogP contribution >= 0.6 is 31.9 Å². The molecule has 2 aromatic rings. The van der Waals surface area contributed by atoms with Crippen molar-refractivity contribution in [2.24, 2.45) is 4.99 Å². The first-order valence-corrected chi connectivity index (χ1v) is 9.75. The van der Waals surface area contributed by atoms with Gasteiger partial charge in [-0.3, -0.25) is 4.79 Å². The molecule has 0 spiro atoms. The van der Waals surface area contributed by atoms with Crippen molar-refractivity contribution < 1.29 is 19.1 Å². The summed E-state index contributed by atoms with van der Waals surface area (Å²) in [5.74, 6) is -0.369. The van der Waals surface area contributed by atoms with Crippen LogP contribution in [0, 0.1) is 6.92 Å². The average Bonchev–Trinajstić information content (AvgIpc) is 2.98. The Morgan fingerprint density at radius 1 is 1.26 bits per heavy atom. The van der Waals surface area contributed by atoms with Crippen LogP contribution in [0.2, 0.25) is 0 Å². The highest BCUT2D eigenvalue weighted by Crippen LogP contribution is 2.35. The number of aliphatic imine (C=N–C) groups is 1. The molecule has 0 radical (unpaired) electrons. The fourth-order valence-electron chi connectivity index (χ4n) is 2.44. The molecular formula is C20H15Br2NO4. The number of aryl methyl sites for hydroxylation is 1. The van der Waals surface area contributed by atoms with Gasteiger partial charge in [0.05, 0.1) is 4.47 Å². The molecule has 0 unspecified atom stereocenters. The van der Waals surface area contributed by atoms with Crippen LogP contribution in [-0.2, 0) is 14.3 Å². The van der Waals surface area contributed by atoms with E-state index >= 15 is 0 Å². The Morgan fingerprint density at radius 2 is 2.04 bits per heavy atom. The van der Waals surface area contributed by atoms with E-state index in [0.717, 1.165) is 15.6 Å². The van der Waals surface area contributed by atoms with E-state index in [1.54, 1.807) is 25.1 Å². The smallest absolute Gasteiger partial charge is 0.363 e. The van der Waals surface area contributed by atoms with Crippen molar-refractivity contribution >= 4 is 55.8 Å². The summed E-state index contributed by atoms with van der Waals surface area (Å²) in [6.07, 6.45) is 1.77. The lowest BCUT2D eigenvalue weighted by molar-refractivity contribution is -0.134. The zero-order valence-electron chi connectivity index (χ0n) is 14.6. The number of hydrogen-bond acceptors (Lipinski definition) is 5. The number of carbonyl (C=O) groups is 2. The van der Waals surface area contributed by atoms with Gasteiger partial charge in [-0.05, 0) is 53.2 Å². The first kappa shape index (κ1) is 19.5. The highest BCUT2D eigenvalue weighted by Gasteiger charge is 2.25. The van der Waals surface area contributed by atoms with E-state index in [1.807, 2.05) is 31.2 Å². The maximum Gasteiger partial charge on any atom is 0.363 e. The van der Waals surface area contributed by atoms with Crippen LogP contribution in [0.3, 0.4) is 0 Å². The normalized spacial score (nSPS) is 14.9. The number of cyclic esters (lactones) is 1. The molecule has 1 aliphatic heterocycles. The van der Waals surface area contributed by atoms with Crippen LogP contribution in [-0.4, -0.2) is 17.8 Å². The first-order valence-electron chi connectivity index (χ1n) is 8.16. The topological polar surface area (TPSA) is 65.0 Å². The molecule has 0 atom stereocenters. The summed E-state index contributed by atoms with van der Waals surface area (Å²) >= 11 is 6.79. The van der Waals surface area contributed by atoms with Gasteiger partial charge in [-0.25, -0.2) is 9.79 Å². The predicted molar refractivity (Wildman–Crippen MR) is 110 cm³/mol. The maximum atomic E-state index is 12.3. The summed E-state index contributed by atoms with van der Waals surface area (Å²) in [5, 5.41) is 0. The molecule has 138 valence electrons. The van der Waals surface area contributed by atoms with Gasteiger partial charge >= 0.3 is 11.9 Å². The second-order valence-corrected chi connectivity index (χ2v) is 7.61. The highest BCUT2D eigenvalue weighted by atomic mass is 79.9. The third kappa shape index (κ3) is 4.54. The molecule has 2 aromatic carbocycles. The van der Waals surface area contributed by atoms with Gasteiger partial charge in [0.1, 0.15) is 0 Å². The van der Waals surface area contributed by atoms with Gasteiger partial charge in [-0.2, -0.15) is 0 Å². The maximum absolute atomic E-state index is 12.3. The van der Waals surface area contributed by atoms with E-state index in [2.05, 4.69) is 36.9 Å². The molecule has 3 rings (SSSR count). The molecule has 0 bridgehead atoms. The molecule has 0 saturated heterocycles. The third-order valence-corrected chi connectivity index (χ3v) is 4.77. The van der Waals surface area contributed by atoms with Crippen molar-refractivity contribution in [2.45, 2.75) is 20.3 Å². The monoisotopic (exact) mass is 491 g/mol. The van der Waals surface area contributed by atoms with Gasteiger partial charge in [0.25, 0.3) is 0 Å². The van der Waals surface area contributed by atoms with E-state index in [4.69, 9.17) is 9.47 Å². The van der Waals surface area contributed by atoms with E-state index in [1.165, 1.54) is 0 Å². The number of esters is 2.